The molecule has 104 valence electrons. The van der Waals surface area contributed by atoms with Crippen molar-refractivity contribution in [3.8, 4) is 0 Å². The molecule has 5 nitrogen and oxygen atoms in total. The number of hydrogen-bond acceptors (Lipinski definition) is 4. The first kappa shape index (κ1) is 14.3. The zero-order chi connectivity index (χ0) is 14.0. The van der Waals surface area contributed by atoms with Gasteiger partial charge < -0.3 is 10.1 Å². The molecule has 1 aliphatic rings. The lowest BCUT2D eigenvalue weighted by atomic mass is 10.1. The lowest BCUT2D eigenvalue weighted by molar-refractivity contribution is 0.0866. The Morgan fingerprint density at radius 3 is 2.79 bits per heavy atom. The molecule has 0 saturated carbocycles. The van der Waals surface area contributed by atoms with Gasteiger partial charge in [0.15, 0.2) is 0 Å². The van der Waals surface area contributed by atoms with Crippen molar-refractivity contribution in [2.45, 2.75) is 30.4 Å². The molecule has 2 atom stereocenters. The molecule has 1 aromatic rings. The van der Waals surface area contributed by atoms with Crippen molar-refractivity contribution in [2.24, 2.45) is 0 Å². The summed E-state index contributed by atoms with van der Waals surface area (Å²) in [7, 11) is 1.42. The average molecular weight is 304 g/mol. The molecule has 0 aliphatic carbocycles. The normalized spacial score (nSPS) is 23.3. The van der Waals surface area contributed by atoms with Crippen molar-refractivity contribution in [3.63, 3.8) is 0 Å². The molecule has 2 rings (SSSR count). The summed E-state index contributed by atoms with van der Waals surface area (Å²) in [6, 6.07) is 5.59. The number of carbonyl (C=O) groups is 1. The summed E-state index contributed by atoms with van der Waals surface area (Å²) in [5, 5.41) is 2.82. The Kier molecular flexibility index (Phi) is 4.13. The summed E-state index contributed by atoms with van der Waals surface area (Å²) in [6.07, 6.45) is 0.712. The van der Waals surface area contributed by atoms with Crippen LogP contribution < -0.4 is 5.32 Å². The molecule has 19 heavy (non-hydrogen) atoms. The van der Waals surface area contributed by atoms with Gasteiger partial charge in [-0.05, 0) is 31.5 Å². The SMILES string of the molecule is CC1OCCC1NC(=O)c1cccc(S(=O)(=O)Cl)c1. The van der Waals surface area contributed by atoms with Crippen LogP contribution >= 0.6 is 10.7 Å². The minimum atomic E-state index is -3.83. The predicted molar refractivity (Wildman–Crippen MR) is 70.8 cm³/mol. The van der Waals surface area contributed by atoms with Crippen molar-refractivity contribution in [1.29, 1.82) is 0 Å². The molecule has 0 radical (unpaired) electrons. The lowest BCUT2D eigenvalue weighted by Gasteiger charge is -2.16. The summed E-state index contributed by atoms with van der Waals surface area (Å²) in [5.41, 5.74) is 0.265. The van der Waals surface area contributed by atoms with Gasteiger partial charge >= 0.3 is 0 Å². The molecule has 1 aromatic carbocycles. The van der Waals surface area contributed by atoms with Gasteiger partial charge in [0.2, 0.25) is 0 Å². The van der Waals surface area contributed by atoms with Crippen LogP contribution in [-0.2, 0) is 13.8 Å². The maximum absolute atomic E-state index is 12.0. The van der Waals surface area contributed by atoms with Gasteiger partial charge in [0.05, 0.1) is 17.0 Å². The summed E-state index contributed by atoms with van der Waals surface area (Å²) >= 11 is 0. The highest BCUT2D eigenvalue weighted by atomic mass is 35.7. The van der Waals surface area contributed by atoms with E-state index in [1.54, 1.807) is 6.07 Å². The maximum atomic E-state index is 12.0. The van der Waals surface area contributed by atoms with E-state index >= 15 is 0 Å². The van der Waals surface area contributed by atoms with Gasteiger partial charge in [0.1, 0.15) is 0 Å². The zero-order valence-electron chi connectivity index (χ0n) is 10.3. The summed E-state index contributed by atoms with van der Waals surface area (Å²) in [4.78, 5) is 11.9. The van der Waals surface area contributed by atoms with Gasteiger partial charge in [-0.2, -0.15) is 0 Å². The third-order valence-corrected chi connectivity index (χ3v) is 4.42. The van der Waals surface area contributed by atoms with Crippen LogP contribution in [0, 0.1) is 0 Å². The van der Waals surface area contributed by atoms with E-state index < -0.39 is 9.05 Å². The molecular weight excluding hydrogens is 290 g/mol. The number of halogens is 1. The second-order valence-corrected chi connectivity index (χ2v) is 6.98. The first-order valence-electron chi connectivity index (χ1n) is 5.85. The van der Waals surface area contributed by atoms with Crippen LogP contribution in [0.1, 0.15) is 23.7 Å². The van der Waals surface area contributed by atoms with E-state index in [4.69, 9.17) is 15.4 Å². The number of hydrogen-bond donors (Lipinski definition) is 1. The Hall–Kier alpha value is -1.11. The minimum Gasteiger partial charge on any atom is -0.376 e. The molecule has 1 aliphatic heterocycles. The maximum Gasteiger partial charge on any atom is 0.261 e. The van der Waals surface area contributed by atoms with Crippen LogP contribution in [-0.4, -0.2) is 33.1 Å². The quantitative estimate of drug-likeness (QED) is 0.859. The predicted octanol–water partition coefficient (Wildman–Crippen LogP) is 1.52. The van der Waals surface area contributed by atoms with Gasteiger partial charge in [0, 0.05) is 22.9 Å². The number of nitrogens with one attached hydrogen (secondary N) is 1. The Labute approximate surface area is 116 Å². The highest BCUT2D eigenvalue weighted by molar-refractivity contribution is 8.13. The summed E-state index contributed by atoms with van der Waals surface area (Å²) in [6.45, 7) is 2.50. The van der Waals surface area contributed by atoms with Crippen molar-refractivity contribution < 1.29 is 17.9 Å². The average Bonchev–Trinajstić information content (AvgIpc) is 2.74. The minimum absolute atomic E-state index is 0.0381. The molecule has 1 fully saturated rings. The van der Waals surface area contributed by atoms with Crippen LogP contribution in [0.3, 0.4) is 0 Å². The number of ether oxygens (including phenoxy) is 1. The first-order valence-corrected chi connectivity index (χ1v) is 8.16. The fraction of sp³-hybridized carbons (Fsp3) is 0.417. The molecular formula is C12H14ClNO4S. The van der Waals surface area contributed by atoms with Gasteiger partial charge in [-0.3, -0.25) is 4.79 Å². The Bertz CT molecular complexity index is 587. The van der Waals surface area contributed by atoms with E-state index in [1.165, 1.54) is 18.2 Å². The van der Waals surface area contributed by atoms with Gasteiger partial charge in [-0.15, -0.1) is 0 Å². The molecule has 0 bridgehead atoms. The zero-order valence-corrected chi connectivity index (χ0v) is 11.9. The monoisotopic (exact) mass is 303 g/mol. The standard InChI is InChI=1S/C12H14ClNO4S/c1-8-11(5-6-18-8)14-12(15)9-3-2-4-10(7-9)19(13,16)17/h2-4,7-8,11H,5-6H2,1H3,(H,14,15). The van der Waals surface area contributed by atoms with Gasteiger partial charge in [-0.25, -0.2) is 8.42 Å². The number of benzene rings is 1. The topological polar surface area (TPSA) is 72.5 Å². The Morgan fingerprint density at radius 1 is 1.47 bits per heavy atom. The highest BCUT2D eigenvalue weighted by Crippen LogP contribution is 2.17. The first-order chi connectivity index (χ1) is 8.88. The van der Waals surface area contributed by atoms with Crippen LogP contribution in [0.5, 0.6) is 0 Å². The fourth-order valence-corrected chi connectivity index (χ4v) is 2.76. The number of rotatable bonds is 3. The Morgan fingerprint density at radius 2 is 2.21 bits per heavy atom. The smallest absolute Gasteiger partial charge is 0.261 e. The molecule has 0 spiro atoms. The molecule has 1 N–H and O–H groups in total. The van der Waals surface area contributed by atoms with Crippen molar-refractivity contribution in [2.75, 3.05) is 6.61 Å². The molecule has 1 amide bonds. The molecule has 1 saturated heterocycles. The van der Waals surface area contributed by atoms with Crippen LogP contribution in [0.15, 0.2) is 29.2 Å². The van der Waals surface area contributed by atoms with Crippen molar-refractivity contribution in [1.82, 2.24) is 5.32 Å². The van der Waals surface area contributed by atoms with Crippen LogP contribution in [0.25, 0.3) is 0 Å². The van der Waals surface area contributed by atoms with Gasteiger partial charge in [0.25, 0.3) is 15.0 Å². The van der Waals surface area contributed by atoms with E-state index in [9.17, 15) is 13.2 Å². The third-order valence-electron chi connectivity index (χ3n) is 3.07. The molecule has 0 aromatic heterocycles. The van der Waals surface area contributed by atoms with E-state index in [-0.39, 0.29) is 28.5 Å². The van der Waals surface area contributed by atoms with Crippen molar-refractivity contribution in [3.05, 3.63) is 29.8 Å². The molecule has 2 unspecified atom stereocenters. The molecule has 1 heterocycles. The largest absolute Gasteiger partial charge is 0.376 e. The molecule has 7 heteroatoms. The lowest BCUT2D eigenvalue weighted by Crippen LogP contribution is -2.39. The summed E-state index contributed by atoms with van der Waals surface area (Å²) in [5.74, 6) is -0.329. The van der Waals surface area contributed by atoms with E-state index in [0.29, 0.717) is 6.61 Å². The summed E-state index contributed by atoms with van der Waals surface area (Å²) < 4.78 is 27.8. The fourth-order valence-electron chi connectivity index (χ4n) is 1.96. The third kappa shape index (κ3) is 3.46. The second kappa shape index (κ2) is 5.48. The van der Waals surface area contributed by atoms with E-state index in [0.717, 1.165) is 6.42 Å². The number of carbonyl (C=O) groups excluding carboxylic acids is 1. The Balaban J connectivity index is 2.15. The van der Waals surface area contributed by atoms with Crippen LogP contribution in [0.2, 0.25) is 0 Å². The highest BCUT2D eigenvalue weighted by Gasteiger charge is 2.26. The number of amides is 1. The second-order valence-electron chi connectivity index (χ2n) is 4.41. The van der Waals surface area contributed by atoms with E-state index in [2.05, 4.69) is 5.32 Å². The van der Waals surface area contributed by atoms with E-state index in [1.807, 2.05) is 6.92 Å². The van der Waals surface area contributed by atoms with Crippen molar-refractivity contribution >= 4 is 25.6 Å². The van der Waals surface area contributed by atoms with Crippen LogP contribution in [0.4, 0.5) is 0 Å². The van der Waals surface area contributed by atoms with Gasteiger partial charge in [-0.1, -0.05) is 6.07 Å².